The van der Waals surface area contributed by atoms with Gasteiger partial charge >= 0.3 is 5.97 Å². The number of piperazine rings is 1. The van der Waals surface area contributed by atoms with Crippen LogP contribution in [0.15, 0.2) is 60.7 Å². The number of rotatable bonds is 7. The second-order valence-corrected chi connectivity index (χ2v) is 9.41. The lowest BCUT2D eigenvalue weighted by Gasteiger charge is -2.34. The molecule has 5 rings (SSSR count). The number of hydrogen-bond donors (Lipinski definition) is 1. The second-order valence-electron chi connectivity index (χ2n) is 9.41. The third kappa shape index (κ3) is 5.58. The fourth-order valence-corrected chi connectivity index (χ4v) is 4.65. The van der Waals surface area contributed by atoms with Gasteiger partial charge in [-0.25, -0.2) is 14.2 Å². The highest BCUT2D eigenvalue weighted by molar-refractivity contribution is 5.94. The molecule has 9 nitrogen and oxygen atoms in total. The third-order valence-corrected chi connectivity index (χ3v) is 6.87. The molecule has 1 saturated heterocycles. The Morgan fingerprint density at radius 2 is 1.85 bits per heavy atom. The van der Waals surface area contributed by atoms with Gasteiger partial charge in [-0.3, -0.25) is 9.69 Å². The molecule has 1 N–H and O–H groups in total. The minimum atomic E-state index is -0.973. The van der Waals surface area contributed by atoms with Gasteiger partial charge in [0.1, 0.15) is 12.4 Å². The van der Waals surface area contributed by atoms with E-state index in [4.69, 9.17) is 10.00 Å². The van der Waals surface area contributed by atoms with E-state index in [1.807, 2.05) is 28.7 Å². The van der Waals surface area contributed by atoms with Crippen LogP contribution in [0, 0.1) is 17.1 Å². The minimum absolute atomic E-state index is 0.0461. The Morgan fingerprint density at radius 3 is 2.56 bits per heavy atom. The molecule has 0 saturated carbocycles. The van der Waals surface area contributed by atoms with Gasteiger partial charge in [0.2, 0.25) is 0 Å². The predicted molar refractivity (Wildman–Crippen MR) is 141 cm³/mol. The normalized spacial score (nSPS) is 13.8. The summed E-state index contributed by atoms with van der Waals surface area (Å²) in [5.74, 6) is -0.782. The Hall–Kier alpha value is -4.75. The van der Waals surface area contributed by atoms with Gasteiger partial charge < -0.3 is 19.3 Å². The number of aryl methyl sites for hydroxylation is 1. The quantitative estimate of drug-likeness (QED) is 0.389. The molecule has 1 aliphatic rings. The molecule has 0 spiro atoms. The number of hydrogen-bond acceptors (Lipinski definition) is 6. The van der Waals surface area contributed by atoms with Crippen molar-refractivity contribution in [3.05, 3.63) is 94.6 Å². The molecule has 0 aliphatic carbocycles. The van der Waals surface area contributed by atoms with Crippen LogP contribution in [-0.4, -0.2) is 62.5 Å². The molecule has 0 unspecified atom stereocenters. The summed E-state index contributed by atoms with van der Waals surface area (Å²) in [5, 5.41) is 18.1. The van der Waals surface area contributed by atoms with Gasteiger partial charge in [-0.2, -0.15) is 5.26 Å². The number of ether oxygens (including phenoxy) is 1. The van der Waals surface area contributed by atoms with Crippen molar-refractivity contribution in [1.82, 2.24) is 19.4 Å². The zero-order chi connectivity index (χ0) is 27.5. The van der Waals surface area contributed by atoms with Gasteiger partial charge in [0.25, 0.3) is 5.91 Å². The van der Waals surface area contributed by atoms with Crippen molar-refractivity contribution < 1.29 is 23.8 Å². The largest absolute Gasteiger partial charge is 0.486 e. The molecule has 1 fully saturated rings. The molecular formula is C29H26FN5O4. The minimum Gasteiger partial charge on any atom is -0.486 e. The van der Waals surface area contributed by atoms with Crippen molar-refractivity contribution in [3.63, 3.8) is 0 Å². The maximum absolute atomic E-state index is 14.1. The summed E-state index contributed by atoms with van der Waals surface area (Å²) in [6, 6.07) is 17.9. The molecule has 10 heteroatoms. The van der Waals surface area contributed by atoms with Gasteiger partial charge in [-0.15, -0.1) is 0 Å². The van der Waals surface area contributed by atoms with Gasteiger partial charge in [-0.05, 0) is 54.1 Å². The maximum Gasteiger partial charge on any atom is 0.335 e. The molecule has 3 aromatic carbocycles. The van der Waals surface area contributed by atoms with Crippen LogP contribution in [0.1, 0.15) is 37.7 Å². The van der Waals surface area contributed by atoms with Crippen LogP contribution < -0.4 is 4.74 Å². The van der Waals surface area contributed by atoms with Crippen molar-refractivity contribution in [1.29, 1.82) is 5.26 Å². The highest BCUT2D eigenvalue weighted by atomic mass is 19.1. The number of nitrogens with zero attached hydrogens (tertiary/aromatic N) is 5. The Kier molecular flexibility index (Phi) is 7.25. The lowest BCUT2D eigenvalue weighted by molar-refractivity contribution is 0.0623. The maximum atomic E-state index is 14.1. The number of imidazole rings is 1. The van der Waals surface area contributed by atoms with E-state index in [2.05, 4.69) is 9.88 Å². The summed E-state index contributed by atoms with van der Waals surface area (Å²) < 4.78 is 21.6. The molecule has 0 atom stereocenters. The Morgan fingerprint density at radius 1 is 1.05 bits per heavy atom. The average Bonchev–Trinajstić information content (AvgIpc) is 3.26. The van der Waals surface area contributed by atoms with Crippen LogP contribution in [0.3, 0.4) is 0 Å². The van der Waals surface area contributed by atoms with Crippen LogP contribution in [0.5, 0.6) is 5.75 Å². The monoisotopic (exact) mass is 527 g/mol. The van der Waals surface area contributed by atoms with Crippen molar-refractivity contribution in [2.24, 2.45) is 7.05 Å². The Balaban J connectivity index is 1.18. The Labute approximate surface area is 224 Å². The fraction of sp³-hybridized carbons (Fsp3) is 0.241. The van der Waals surface area contributed by atoms with E-state index in [9.17, 15) is 19.1 Å². The standard InChI is InChI=1S/C29H26FN5O4/c1-33-25-15-22(29(37)38)6-7-24(25)32-27(33)17-34-9-11-35(12-10-34)28(36)21-4-2-3-20(13-21)18-39-26-8-5-19(16-31)14-23(26)30/h2-8,13-15H,9-12,17-18H2,1H3,(H,37,38). The lowest BCUT2D eigenvalue weighted by Crippen LogP contribution is -2.48. The number of benzene rings is 3. The van der Waals surface area contributed by atoms with Gasteiger partial charge in [0, 0.05) is 38.8 Å². The van der Waals surface area contributed by atoms with E-state index in [1.54, 1.807) is 36.4 Å². The number of carboxylic acids is 1. The molecule has 0 bridgehead atoms. The van der Waals surface area contributed by atoms with E-state index in [1.165, 1.54) is 12.1 Å². The first-order valence-electron chi connectivity index (χ1n) is 12.4. The molecule has 39 heavy (non-hydrogen) atoms. The number of nitriles is 1. The number of fused-ring (bicyclic) bond motifs is 1. The SMILES string of the molecule is Cn1c(CN2CCN(C(=O)c3cccc(COc4ccc(C#N)cc4F)c3)CC2)nc2ccc(C(=O)O)cc21. The summed E-state index contributed by atoms with van der Waals surface area (Å²) in [7, 11) is 1.88. The molecule has 2 heterocycles. The summed E-state index contributed by atoms with van der Waals surface area (Å²) in [6.45, 7) is 3.15. The number of carboxylic acid groups (broad SMARTS) is 1. The Bertz CT molecular complexity index is 1600. The third-order valence-electron chi connectivity index (χ3n) is 6.87. The number of aromatic carboxylic acids is 1. The number of amides is 1. The second kappa shape index (κ2) is 10.9. The van der Waals surface area contributed by atoms with Crippen LogP contribution in [0.25, 0.3) is 11.0 Å². The molecule has 198 valence electrons. The van der Waals surface area contributed by atoms with E-state index in [0.29, 0.717) is 38.3 Å². The topological polar surface area (TPSA) is 112 Å². The molecule has 4 aromatic rings. The zero-order valence-electron chi connectivity index (χ0n) is 21.3. The molecule has 1 aliphatic heterocycles. The first kappa shape index (κ1) is 25.9. The van der Waals surface area contributed by atoms with Gasteiger partial charge in [0.15, 0.2) is 11.6 Å². The smallest absolute Gasteiger partial charge is 0.335 e. The van der Waals surface area contributed by atoms with E-state index in [0.717, 1.165) is 28.5 Å². The van der Waals surface area contributed by atoms with Crippen molar-refractivity contribution in [2.45, 2.75) is 13.2 Å². The van der Waals surface area contributed by atoms with E-state index >= 15 is 0 Å². The summed E-state index contributed by atoms with van der Waals surface area (Å²) in [6.07, 6.45) is 0. The van der Waals surface area contributed by atoms with Gasteiger partial charge in [-0.1, -0.05) is 12.1 Å². The average molecular weight is 528 g/mol. The molecule has 0 radical (unpaired) electrons. The number of halogens is 1. The fourth-order valence-electron chi connectivity index (χ4n) is 4.65. The van der Waals surface area contributed by atoms with Crippen LogP contribution in [-0.2, 0) is 20.2 Å². The number of aromatic nitrogens is 2. The van der Waals surface area contributed by atoms with Gasteiger partial charge in [0.05, 0.1) is 34.8 Å². The lowest BCUT2D eigenvalue weighted by atomic mass is 10.1. The van der Waals surface area contributed by atoms with Crippen molar-refractivity contribution >= 4 is 22.9 Å². The van der Waals surface area contributed by atoms with Crippen LogP contribution in [0.2, 0.25) is 0 Å². The van der Waals surface area contributed by atoms with Crippen molar-refractivity contribution in [3.8, 4) is 11.8 Å². The van der Waals surface area contributed by atoms with Crippen LogP contribution in [0.4, 0.5) is 4.39 Å². The molecular weight excluding hydrogens is 501 g/mol. The van der Waals surface area contributed by atoms with E-state index in [-0.39, 0.29) is 29.4 Å². The molecule has 1 amide bonds. The summed E-state index contributed by atoms with van der Waals surface area (Å²) >= 11 is 0. The highest BCUT2D eigenvalue weighted by Gasteiger charge is 2.24. The highest BCUT2D eigenvalue weighted by Crippen LogP contribution is 2.21. The number of carbonyl (C=O) groups excluding carboxylic acids is 1. The first-order valence-corrected chi connectivity index (χ1v) is 12.4. The molecule has 1 aromatic heterocycles. The van der Waals surface area contributed by atoms with Crippen molar-refractivity contribution in [2.75, 3.05) is 26.2 Å². The first-order chi connectivity index (χ1) is 18.8. The summed E-state index contributed by atoms with van der Waals surface area (Å²) in [4.78, 5) is 33.2. The predicted octanol–water partition coefficient (Wildman–Crippen LogP) is 3.82. The number of carbonyl (C=O) groups is 2. The van der Waals surface area contributed by atoms with E-state index < -0.39 is 11.8 Å². The van der Waals surface area contributed by atoms with Crippen LogP contribution >= 0.6 is 0 Å². The summed E-state index contributed by atoms with van der Waals surface area (Å²) in [5.41, 5.74) is 3.23. The zero-order valence-corrected chi connectivity index (χ0v) is 21.3.